The van der Waals surface area contributed by atoms with E-state index < -0.39 is 0 Å². The average Bonchev–Trinajstić information content (AvgIpc) is 2.40. The fourth-order valence-corrected chi connectivity index (χ4v) is 3.29. The number of likely N-dealkylation sites (tertiary alicyclic amines) is 1. The number of piperidine rings is 1. The Bertz CT molecular complexity index is 192. The number of hydrogen-bond donors (Lipinski definition) is 1. The molecule has 0 amide bonds. The molecule has 0 bridgehead atoms. The second-order valence-corrected chi connectivity index (χ2v) is 5.78. The predicted octanol–water partition coefficient (Wildman–Crippen LogP) is 3.81. The molecule has 1 fully saturated rings. The van der Waals surface area contributed by atoms with Crippen LogP contribution in [0.1, 0.15) is 72.1 Å². The molecule has 1 rings (SSSR count). The van der Waals surface area contributed by atoms with Gasteiger partial charge in [-0.2, -0.15) is 0 Å². The Balaban J connectivity index is 2.22. The number of rotatable bonds is 9. The Morgan fingerprint density at radius 2 is 2.06 bits per heavy atom. The molecule has 1 N–H and O–H groups in total. The van der Waals surface area contributed by atoms with Gasteiger partial charge in [-0.3, -0.25) is 0 Å². The minimum atomic E-state index is 0.740. The van der Waals surface area contributed by atoms with E-state index in [1.165, 1.54) is 64.5 Å². The second-order valence-electron chi connectivity index (χ2n) is 5.78. The third-order valence-corrected chi connectivity index (χ3v) is 4.35. The molecule has 2 heteroatoms. The summed E-state index contributed by atoms with van der Waals surface area (Å²) in [6.07, 6.45) is 11.1. The van der Waals surface area contributed by atoms with Gasteiger partial charge < -0.3 is 10.2 Å². The zero-order valence-corrected chi connectivity index (χ0v) is 12.9. The summed E-state index contributed by atoms with van der Waals surface area (Å²) >= 11 is 0. The first-order chi connectivity index (χ1) is 8.81. The van der Waals surface area contributed by atoms with E-state index in [1.54, 1.807) is 0 Å². The highest BCUT2D eigenvalue weighted by Crippen LogP contribution is 2.21. The van der Waals surface area contributed by atoms with Crippen LogP contribution in [0.3, 0.4) is 0 Å². The first-order valence-electron chi connectivity index (χ1n) is 8.29. The molecule has 0 aromatic rings. The molecule has 0 radical (unpaired) electrons. The normalized spacial score (nSPS) is 23.2. The first kappa shape index (κ1) is 16.0. The average molecular weight is 254 g/mol. The molecule has 1 aliphatic rings. The maximum Gasteiger partial charge on any atom is 0.00951 e. The summed E-state index contributed by atoms with van der Waals surface area (Å²) in [5, 5.41) is 3.59. The fraction of sp³-hybridized carbons (Fsp3) is 1.00. The van der Waals surface area contributed by atoms with Gasteiger partial charge in [-0.15, -0.1) is 0 Å². The third kappa shape index (κ3) is 5.71. The van der Waals surface area contributed by atoms with E-state index in [0.717, 1.165) is 18.6 Å². The lowest BCUT2D eigenvalue weighted by Gasteiger charge is -2.36. The van der Waals surface area contributed by atoms with Gasteiger partial charge in [0, 0.05) is 12.1 Å². The van der Waals surface area contributed by atoms with Gasteiger partial charge in [0.25, 0.3) is 0 Å². The van der Waals surface area contributed by atoms with Crippen molar-refractivity contribution in [3.05, 3.63) is 0 Å². The van der Waals surface area contributed by atoms with Gasteiger partial charge in [-0.05, 0) is 58.2 Å². The van der Waals surface area contributed by atoms with Crippen molar-refractivity contribution in [2.75, 3.05) is 19.6 Å². The Morgan fingerprint density at radius 3 is 2.72 bits per heavy atom. The third-order valence-electron chi connectivity index (χ3n) is 4.35. The molecule has 0 spiro atoms. The van der Waals surface area contributed by atoms with Crippen molar-refractivity contribution in [3.8, 4) is 0 Å². The van der Waals surface area contributed by atoms with Crippen molar-refractivity contribution in [3.63, 3.8) is 0 Å². The van der Waals surface area contributed by atoms with E-state index in [2.05, 4.69) is 31.0 Å². The molecular weight excluding hydrogens is 220 g/mol. The van der Waals surface area contributed by atoms with Crippen LogP contribution < -0.4 is 5.32 Å². The highest BCUT2D eigenvalue weighted by atomic mass is 15.2. The van der Waals surface area contributed by atoms with E-state index in [0.29, 0.717) is 0 Å². The van der Waals surface area contributed by atoms with E-state index in [-0.39, 0.29) is 0 Å². The Hall–Kier alpha value is -0.0800. The van der Waals surface area contributed by atoms with Crippen LogP contribution in [-0.2, 0) is 0 Å². The highest BCUT2D eigenvalue weighted by molar-refractivity contribution is 4.77. The number of hydrogen-bond acceptors (Lipinski definition) is 2. The van der Waals surface area contributed by atoms with Gasteiger partial charge in [0.15, 0.2) is 0 Å². The number of nitrogens with one attached hydrogen (secondary N) is 1. The van der Waals surface area contributed by atoms with E-state index in [4.69, 9.17) is 0 Å². The van der Waals surface area contributed by atoms with Crippen molar-refractivity contribution in [2.24, 2.45) is 0 Å². The predicted molar refractivity (Wildman–Crippen MR) is 81.1 cm³/mol. The van der Waals surface area contributed by atoms with Crippen LogP contribution in [-0.4, -0.2) is 36.6 Å². The smallest absolute Gasteiger partial charge is 0.00951 e. The highest BCUT2D eigenvalue weighted by Gasteiger charge is 2.20. The summed E-state index contributed by atoms with van der Waals surface area (Å²) in [7, 11) is 0. The molecule has 0 aromatic carbocycles. The van der Waals surface area contributed by atoms with Crippen LogP contribution in [0.2, 0.25) is 0 Å². The van der Waals surface area contributed by atoms with Crippen LogP contribution in [0.25, 0.3) is 0 Å². The molecule has 0 aliphatic carbocycles. The van der Waals surface area contributed by atoms with Gasteiger partial charge >= 0.3 is 0 Å². The van der Waals surface area contributed by atoms with Gasteiger partial charge in [0.1, 0.15) is 0 Å². The number of nitrogens with zero attached hydrogens (tertiary/aromatic N) is 1. The van der Waals surface area contributed by atoms with Crippen LogP contribution >= 0.6 is 0 Å². The topological polar surface area (TPSA) is 15.3 Å². The molecule has 1 heterocycles. The summed E-state index contributed by atoms with van der Waals surface area (Å²) in [5.74, 6) is 0. The van der Waals surface area contributed by atoms with Crippen molar-refractivity contribution >= 4 is 0 Å². The standard InChI is InChI=1S/C16H34N2/c1-4-10-16-12-7-8-13-18(16)14-9-11-15(5-2)17-6-3/h15-17H,4-14H2,1-3H3. The summed E-state index contributed by atoms with van der Waals surface area (Å²) in [6.45, 7) is 10.6. The zero-order valence-electron chi connectivity index (χ0n) is 12.9. The molecule has 2 unspecified atom stereocenters. The largest absolute Gasteiger partial charge is 0.314 e. The lowest BCUT2D eigenvalue weighted by molar-refractivity contribution is 0.135. The lowest BCUT2D eigenvalue weighted by Crippen LogP contribution is -2.40. The summed E-state index contributed by atoms with van der Waals surface area (Å²) in [6, 6.07) is 1.63. The van der Waals surface area contributed by atoms with Crippen molar-refractivity contribution in [1.29, 1.82) is 0 Å². The first-order valence-corrected chi connectivity index (χ1v) is 8.29. The minimum Gasteiger partial charge on any atom is -0.314 e. The molecule has 0 saturated carbocycles. The van der Waals surface area contributed by atoms with Crippen LogP contribution in [0.15, 0.2) is 0 Å². The van der Waals surface area contributed by atoms with E-state index in [1.807, 2.05) is 0 Å². The SMILES string of the molecule is CCCC1CCCCN1CCCC(CC)NCC. The van der Waals surface area contributed by atoms with Gasteiger partial charge in [-0.1, -0.05) is 33.6 Å². The fourth-order valence-electron chi connectivity index (χ4n) is 3.29. The Kier molecular flexibility index (Phi) is 8.70. The molecule has 1 saturated heterocycles. The van der Waals surface area contributed by atoms with E-state index >= 15 is 0 Å². The molecule has 2 nitrogen and oxygen atoms in total. The second kappa shape index (κ2) is 9.80. The maximum atomic E-state index is 3.59. The van der Waals surface area contributed by atoms with Crippen molar-refractivity contribution in [1.82, 2.24) is 10.2 Å². The molecule has 108 valence electrons. The summed E-state index contributed by atoms with van der Waals surface area (Å²) in [5.41, 5.74) is 0. The quantitative estimate of drug-likeness (QED) is 0.673. The van der Waals surface area contributed by atoms with E-state index in [9.17, 15) is 0 Å². The Morgan fingerprint density at radius 1 is 1.22 bits per heavy atom. The minimum absolute atomic E-state index is 0.740. The van der Waals surface area contributed by atoms with Crippen LogP contribution in [0.4, 0.5) is 0 Å². The molecular formula is C16H34N2. The van der Waals surface area contributed by atoms with Crippen molar-refractivity contribution < 1.29 is 0 Å². The zero-order chi connectivity index (χ0) is 13.2. The van der Waals surface area contributed by atoms with Gasteiger partial charge in [0.2, 0.25) is 0 Å². The summed E-state index contributed by atoms with van der Waals surface area (Å²) in [4.78, 5) is 2.77. The van der Waals surface area contributed by atoms with Crippen molar-refractivity contribution in [2.45, 2.75) is 84.2 Å². The molecule has 0 aromatic heterocycles. The Labute approximate surface area is 115 Å². The van der Waals surface area contributed by atoms with Crippen LogP contribution in [0.5, 0.6) is 0 Å². The van der Waals surface area contributed by atoms with Gasteiger partial charge in [0.05, 0.1) is 0 Å². The monoisotopic (exact) mass is 254 g/mol. The maximum absolute atomic E-state index is 3.59. The van der Waals surface area contributed by atoms with Gasteiger partial charge in [-0.25, -0.2) is 0 Å². The lowest BCUT2D eigenvalue weighted by atomic mass is 9.97. The molecule has 1 aliphatic heterocycles. The van der Waals surface area contributed by atoms with Crippen LogP contribution in [0, 0.1) is 0 Å². The summed E-state index contributed by atoms with van der Waals surface area (Å²) < 4.78 is 0. The molecule has 18 heavy (non-hydrogen) atoms. The molecule has 2 atom stereocenters.